The van der Waals surface area contributed by atoms with Gasteiger partial charge < -0.3 is 14.5 Å². The number of nitrogens with zero attached hydrogens (tertiary/aromatic N) is 1. The van der Waals surface area contributed by atoms with Crippen LogP contribution in [0.4, 0.5) is 5.69 Å². The highest BCUT2D eigenvalue weighted by atomic mass is 16.5. The maximum atomic E-state index is 12.3. The van der Waals surface area contributed by atoms with Crippen molar-refractivity contribution >= 4 is 22.6 Å². The summed E-state index contributed by atoms with van der Waals surface area (Å²) in [6, 6.07) is 21.2. The van der Waals surface area contributed by atoms with Crippen LogP contribution in [0.2, 0.25) is 0 Å². The lowest BCUT2D eigenvalue weighted by Gasteiger charge is -2.16. The van der Waals surface area contributed by atoms with E-state index in [2.05, 4.69) is 23.3 Å². The molecule has 2 aliphatic rings. The van der Waals surface area contributed by atoms with E-state index in [1.807, 2.05) is 55.5 Å². The van der Waals surface area contributed by atoms with E-state index >= 15 is 0 Å². The number of hydrogen-bond acceptors (Lipinski definition) is 5. The van der Waals surface area contributed by atoms with Gasteiger partial charge in [0, 0.05) is 48.3 Å². The number of carbonyl (C=O) groups excluding carboxylic acids is 1. The van der Waals surface area contributed by atoms with Crippen molar-refractivity contribution in [3.05, 3.63) is 83.2 Å². The monoisotopic (exact) mass is 414 g/mol. The number of hydrogen-bond donors (Lipinski definition) is 1. The number of benzene rings is 3. The first-order valence-electron chi connectivity index (χ1n) is 10.7. The summed E-state index contributed by atoms with van der Waals surface area (Å²) in [4.78, 5) is 16.8. The van der Waals surface area contributed by atoms with Gasteiger partial charge in [-0.05, 0) is 55.8 Å². The normalized spacial score (nSPS) is 11.7. The van der Waals surface area contributed by atoms with Crippen molar-refractivity contribution in [2.24, 2.45) is 4.99 Å². The zero-order chi connectivity index (χ0) is 21.6. The third-order valence-corrected chi connectivity index (χ3v) is 5.13. The second kappa shape index (κ2) is 9.47. The maximum Gasteiger partial charge on any atom is 0.338 e. The van der Waals surface area contributed by atoms with Gasteiger partial charge in [0.05, 0.1) is 17.5 Å². The minimum absolute atomic E-state index is 0.290. The third-order valence-electron chi connectivity index (χ3n) is 5.13. The van der Waals surface area contributed by atoms with Crippen molar-refractivity contribution in [2.75, 3.05) is 25.0 Å². The lowest BCUT2D eigenvalue weighted by atomic mass is 9.97. The van der Waals surface area contributed by atoms with E-state index in [1.54, 1.807) is 12.1 Å². The number of esters is 1. The molecule has 2 aromatic carbocycles. The fourth-order valence-corrected chi connectivity index (χ4v) is 3.73. The van der Waals surface area contributed by atoms with Crippen molar-refractivity contribution in [1.29, 1.82) is 0 Å². The molecule has 1 heterocycles. The molecule has 0 aromatic heterocycles. The molecule has 2 aromatic rings. The van der Waals surface area contributed by atoms with Crippen LogP contribution in [0.3, 0.4) is 0 Å². The smallest absolute Gasteiger partial charge is 0.338 e. The first-order chi connectivity index (χ1) is 15.2. The first-order valence-corrected chi connectivity index (χ1v) is 10.7. The number of anilines is 1. The largest absolute Gasteiger partial charge is 0.462 e. The summed E-state index contributed by atoms with van der Waals surface area (Å²) in [7, 11) is 0. The molecule has 0 atom stereocenters. The van der Waals surface area contributed by atoms with E-state index in [0.29, 0.717) is 18.5 Å². The molecule has 5 nitrogen and oxygen atoms in total. The SMILES string of the molecule is CCN=c1ccc2c(CCOC(=O)c3ccccc3)c3ccc(NCC)cc3oc-2c1. The van der Waals surface area contributed by atoms with E-state index in [4.69, 9.17) is 9.15 Å². The molecule has 0 radical (unpaired) electrons. The maximum absolute atomic E-state index is 12.3. The van der Waals surface area contributed by atoms with E-state index < -0.39 is 0 Å². The van der Waals surface area contributed by atoms with E-state index in [0.717, 1.165) is 45.4 Å². The molecule has 1 aliphatic carbocycles. The molecular weight excluding hydrogens is 388 g/mol. The Bertz CT molecular complexity index is 1230. The lowest BCUT2D eigenvalue weighted by molar-refractivity contribution is 0.0509. The van der Waals surface area contributed by atoms with E-state index in [1.165, 1.54) is 0 Å². The second-order valence-electron chi connectivity index (χ2n) is 7.23. The predicted molar refractivity (Wildman–Crippen MR) is 124 cm³/mol. The van der Waals surface area contributed by atoms with Crippen LogP contribution in [0.15, 0.2) is 76.1 Å². The van der Waals surface area contributed by atoms with Crippen molar-refractivity contribution in [3.63, 3.8) is 0 Å². The Kier molecular flexibility index (Phi) is 6.32. The van der Waals surface area contributed by atoms with Crippen LogP contribution >= 0.6 is 0 Å². The summed E-state index contributed by atoms with van der Waals surface area (Å²) >= 11 is 0. The highest BCUT2D eigenvalue weighted by Gasteiger charge is 2.16. The fourth-order valence-electron chi connectivity index (χ4n) is 3.73. The quantitative estimate of drug-likeness (QED) is 0.330. The number of rotatable bonds is 7. The van der Waals surface area contributed by atoms with Gasteiger partial charge >= 0.3 is 5.97 Å². The van der Waals surface area contributed by atoms with Crippen LogP contribution in [0, 0.1) is 0 Å². The van der Waals surface area contributed by atoms with E-state index in [9.17, 15) is 4.79 Å². The molecule has 4 rings (SSSR count). The number of ether oxygens (including phenoxy) is 1. The Hall–Kier alpha value is -3.60. The molecular formula is C26H26N2O3. The minimum atomic E-state index is -0.312. The number of nitrogens with one attached hydrogen (secondary N) is 1. The Morgan fingerprint density at radius 2 is 1.87 bits per heavy atom. The van der Waals surface area contributed by atoms with Gasteiger partial charge in [-0.25, -0.2) is 4.79 Å². The molecule has 1 N–H and O–H groups in total. The molecule has 0 bridgehead atoms. The zero-order valence-corrected chi connectivity index (χ0v) is 17.9. The highest BCUT2D eigenvalue weighted by molar-refractivity contribution is 5.91. The van der Waals surface area contributed by atoms with Gasteiger partial charge in [-0.2, -0.15) is 0 Å². The summed E-state index contributed by atoms with van der Waals surface area (Å²) in [5.41, 5.74) is 4.47. The van der Waals surface area contributed by atoms with Crippen LogP contribution in [0.25, 0.3) is 22.3 Å². The minimum Gasteiger partial charge on any atom is -0.462 e. The Morgan fingerprint density at radius 3 is 2.65 bits per heavy atom. The molecule has 5 heteroatoms. The molecule has 1 aliphatic heterocycles. The molecule has 31 heavy (non-hydrogen) atoms. The molecule has 0 spiro atoms. The topological polar surface area (TPSA) is 63.8 Å². The van der Waals surface area contributed by atoms with Crippen LogP contribution in [-0.4, -0.2) is 25.7 Å². The summed E-state index contributed by atoms with van der Waals surface area (Å²) in [5, 5.41) is 5.24. The Labute approximate surface area is 181 Å². The van der Waals surface area contributed by atoms with Gasteiger partial charge in [-0.1, -0.05) is 18.2 Å². The van der Waals surface area contributed by atoms with Gasteiger partial charge in [-0.3, -0.25) is 4.99 Å². The predicted octanol–water partition coefficient (Wildman–Crippen LogP) is 5.29. The Balaban J connectivity index is 1.70. The molecule has 0 amide bonds. The summed E-state index contributed by atoms with van der Waals surface area (Å²) in [6.45, 7) is 5.91. The summed E-state index contributed by atoms with van der Waals surface area (Å²) < 4.78 is 11.8. The van der Waals surface area contributed by atoms with Crippen molar-refractivity contribution < 1.29 is 13.9 Å². The molecule has 0 fully saturated rings. The van der Waals surface area contributed by atoms with Gasteiger partial charge in [-0.15, -0.1) is 0 Å². The summed E-state index contributed by atoms with van der Waals surface area (Å²) in [6.07, 6.45) is 0.590. The van der Waals surface area contributed by atoms with Crippen molar-refractivity contribution in [3.8, 4) is 11.3 Å². The van der Waals surface area contributed by atoms with Crippen LogP contribution in [0.5, 0.6) is 0 Å². The third kappa shape index (κ3) is 4.61. The van der Waals surface area contributed by atoms with Gasteiger partial charge in [0.1, 0.15) is 11.3 Å². The molecule has 0 saturated heterocycles. The number of fused-ring (bicyclic) bond motifs is 2. The average Bonchev–Trinajstić information content (AvgIpc) is 2.79. The molecule has 0 saturated carbocycles. The molecule has 0 unspecified atom stereocenters. The second-order valence-corrected chi connectivity index (χ2v) is 7.23. The van der Waals surface area contributed by atoms with Gasteiger partial charge in [0.15, 0.2) is 0 Å². The zero-order valence-electron chi connectivity index (χ0n) is 17.9. The highest BCUT2D eigenvalue weighted by Crippen LogP contribution is 2.34. The van der Waals surface area contributed by atoms with Crippen molar-refractivity contribution in [1.82, 2.24) is 0 Å². The van der Waals surface area contributed by atoms with E-state index in [-0.39, 0.29) is 12.6 Å². The average molecular weight is 415 g/mol. The Morgan fingerprint density at radius 1 is 1.03 bits per heavy atom. The summed E-state index contributed by atoms with van der Waals surface area (Å²) in [5.74, 6) is 0.466. The van der Waals surface area contributed by atoms with Gasteiger partial charge in [0.2, 0.25) is 0 Å². The van der Waals surface area contributed by atoms with Crippen molar-refractivity contribution in [2.45, 2.75) is 20.3 Å². The molecule has 158 valence electrons. The lowest BCUT2D eigenvalue weighted by Crippen LogP contribution is -2.10. The van der Waals surface area contributed by atoms with Gasteiger partial charge in [0.25, 0.3) is 0 Å². The van der Waals surface area contributed by atoms with Crippen LogP contribution in [0.1, 0.15) is 29.8 Å². The standard InChI is InChI=1S/C26H26N2O3/c1-3-27-19-10-12-22-21(14-15-30-26(29)18-8-6-5-7-9-18)23-13-11-20(28-4-2)17-25(23)31-24(22)16-19/h5-13,16-17,27H,3-4,14-15H2,1-2H3. The fraction of sp³-hybridized carbons (Fsp3) is 0.231. The van der Waals surface area contributed by atoms with Crippen LogP contribution < -0.4 is 10.7 Å². The van der Waals surface area contributed by atoms with Crippen LogP contribution in [-0.2, 0) is 11.2 Å². The first kappa shape index (κ1) is 20.7. The number of carbonyl (C=O) groups is 1.